The lowest BCUT2D eigenvalue weighted by Gasteiger charge is -2.15. The van der Waals surface area contributed by atoms with Crippen LogP contribution in [0.3, 0.4) is 0 Å². The second-order valence-corrected chi connectivity index (χ2v) is 5.47. The zero-order chi connectivity index (χ0) is 18.4. The maximum absolute atomic E-state index is 12.4. The van der Waals surface area contributed by atoms with Crippen LogP contribution in [0.25, 0.3) is 0 Å². The fraction of sp³-hybridized carbons (Fsp3) is 0.263. The number of esters is 1. The van der Waals surface area contributed by atoms with Gasteiger partial charge in [-0.05, 0) is 44.2 Å². The third-order valence-electron chi connectivity index (χ3n) is 3.60. The summed E-state index contributed by atoms with van der Waals surface area (Å²) in [5.74, 6) is -0.247. The molecule has 1 amide bonds. The minimum Gasteiger partial charge on any atom is -0.497 e. The van der Waals surface area contributed by atoms with E-state index >= 15 is 0 Å². The molecule has 1 atom stereocenters. The summed E-state index contributed by atoms with van der Waals surface area (Å²) < 4.78 is 15.5. The average Bonchev–Trinajstić information content (AvgIpc) is 2.62. The lowest BCUT2D eigenvalue weighted by Crippen LogP contribution is -2.30. The van der Waals surface area contributed by atoms with Gasteiger partial charge in [-0.15, -0.1) is 0 Å². The molecule has 0 unspecified atom stereocenters. The smallest absolute Gasteiger partial charge is 0.342 e. The van der Waals surface area contributed by atoms with Gasteiger partial charge in [0.05, 0.1) is 14.2 Å². The average molecular weight is 343 g/mol. The van der Waals surface area contributed by atoms with Crippen molar-refractivity contribution in [2.24, 2.45) is 0 Å². The van der Waals surface area contributed by atoms with Crippen LogP contribution in [0.15, 0.2) is 42.5 Å². The Morgan fingerprint density at radius 2 is 1.68 bits per heavy atom. The van der Waals surface area contributed by atoms with E-state index in [0.29, 0.717) is 17.2 Å². The summed E-state index contributed by atoms with van der Waals surface area (Å²) >= 11 is 0. The maximum atomic E-state index is 12.4. The number of benzene rings is 2. The van der Waals surface area contributed by atoms with Crippen molar-refractivity contribution >= 4 is 17.6 Å². The van der Waals surface area contributed by atoms with Gasteiger partial charge in [0, 0.05) is 5.69 Å². The van der Waals surface area contributed by atoms with Gasteiger partial charge in [0.25, 0.3) is 5.91 Å². The van der Waals surface area contributed by atoms with Crippen molar-refractivity contribution in [2.45, 2.75) is 20.0 Å². The van der Waals surface area contributed by atoms with Gasteiger partial charge in [0.15, 0.2) is 6.10 Å². The molecular formula is C19H21NO5. The molecule has 0 aliphatic carbocycles. The van der Waals surface area contributed by atoms with Gasteiger partial charge in [-0.3, -0.25) is 4.79 Å². The number of hydrogen-bond acceptors (Lipinski definition) is 5. The van der Waals surface area contributed by atoms with Crippen molar-refractivity contribution in [3.8, 4) is 11.5 Å². The van der Waals surface area contributed by atoms with Gasteiger partial charge in [-0.2, -0.15) is 0 Å². The van der Waals surface area contributed by atoms with Gasteiger partial charge in [-0.1, -0.05) is 17.7 Å². The third-order valence-corrected chi connectivity index (χ3v) is 3.60. The molecule has 25 heavy (non-hydrogen) atoms. The highest BCUT2D eigenvalue weighted by molar-refractivity contribution is 5.98. The van der Waals surface area contributed by atoms with Crippen LogP contribution in [0.2, 0.25) is 0 Å². The second kappa shape index (κ2) is 8.19. The number of ether oxygens (including phenoxy) is 3. The summed E-state index contributed by atoms with van der Waals surface area (Å²) in [7, 11) is 2.95. The van der Waals surface area contributed by atoms with Gasteiger partial charge in [0.2, 0.25) is 0 Å². The predicted molar refractivity (Wildman–Crippen MR) is 94.2 cm³/mol. The van der Waals surface area contributed by atoms with Crippen LogP contribution >= 0.6 is 0 Å². The van der Waals surface area contributed by atoms with E-state index in [-0.39, 0.29) is 5.56 Å². The SMILES string of the molecule is COc1ccc(OC)c(C(=O)O[C@@H](C)C(=O)Nc2ccc(C)cc2)c1. The lowest BCUT2D eigenvalue weighted by atomic mass is 10.2. The van der Waals surface area contributed by atoms with Crippen LogP contribution in [0.5, 0.6) is 11.5 Å². The molecule has 0 aliphatic rings. The zero-order valence-corrected chi connectivity index (χ0v) is 14.7. The molecule has 1 N–H and O–H groups in total. The molecular weight excluding hydrogens is 322 g/mol. The van der Waals surface area contributed by atoms with Crippen molar-refractivity contribution in [1.29, 1.82) is 0 Å². The molecule has 0 bridgehead atoms. The summed E-state index contributed by atoms with van der Waals surface area (Å²) in [6.07, 6.45) is -0.968. The quantitative estimate of drug-likeness (QED) is 0.816. The van der Waals surface area contributed by atoms with Crippen molar-refractivity contribution in [2.75, 3.05) is 19.5 Å². The Kier molecular flexibility index (Phi) is 6.00. The number of amides is 1. The predicted octanol–water partition coefficient (Wildman–Crippen LogP) is 3.20. The Labute approximate surface area is 146 Å². The number of carbonyl (C=O) groups excluding carboxylic acids is 2. The third kappa shape index (κ3) is 4.73. The molecule has 0 aromatic heterocycles. The highest BCUT2D eigenvalue weighted by Crippen LogP contribution is 2.25. The topological polar surface area (TPSA) is 73.9 Å². The van der Waals surface area contributed by atoms with Crippen LogP contribution in [-0.4, -0.2) is 32.2 Å². The molecule has 0 radical (unpaired) electrons. The summed E-state index contributed by atoms with van der Waals surface area (Å²) in [6, 6.07) is 12.1. The molecule has 0 spiro atoms. The summed E-state index contributed by atoms with van der Waals surface area (Å²) in [5.41, 5.74) is 1.91. The summed E-state index contributed by atoms with van der Waals surface area (Å²) in [5, 5.41) is 2.70. The molecule has 0 heterocycles. The molecule has 2 aromatic carbocycles. The van der Waals surface area contributed by atoms with Crippen LogP contribution in [-0.2, 0) is 9.53 Å². The van der Waals surface area contributed by atoms with E-state index in [1.54, 1.807) is 24.3 Å². The monoisotopic (exact) mass is 343 g/mol. The van der Waals surface area contributed by atoms with E-state index in [2.05, 4.69) is 5.32 Å². The molecule has 0 aliphatic heterocycles. The number of nitrogens with one attached hydrogen (secondary N) is 1. The van der Waals surface area contributed by atoms with E-state index in [0.717, 1.165) is 5.56 Å². The number of carbonyl (C=O) groups is 2. The van der Waals surface area contributed by atoms with Crippen LogP contribution in [0.1, 0.15) is 22.8 Å². The fourth-order valence-corrected chi connectivity index (χ4v) is 2.13. The summed E-state index contributed by atoms with van der Waals surface area (Å²) in [4.78, 5) is 24.6. The van der Waals surface area contributed by atoms with Gasteiger partial charge >= 0.3 is 5.97 Å². The Bertz CT molecular complexity index is 755. The number of methoxy groups -OCH3 is 2. The van der Waals surface area contributed by atoms with Crippen LogP contribution in [0, 0.1) is 6.92 Å². The normalized spacial score (nSPS) is 11.4. The van der Waals surface area contributed by atoms with Crippen molar-refractivity contribution < 1.29 is 23.8 Å². The van der Waals surface area contributed by atoms with Crippen LogP contribution in [0.4, 0.5) is 5.69 Å². The number of aryl methyl sites for hydroxylation is 1. The van der Waals surface area contributed by atoms with E-state index in [1.807, 2.05) is 19.1 Å². The van der Waals surface area contributed by atoms with Crippen LogP contribution < -0.4 is 14.8 Å². The van der Waals surface area contributed by atoms with Crippen molar-refractivity contribution in [1.82, 2.24) is 0 Å². The minimum absolute atomic E-state index is 0.192. The van der Waals surface area contributed by atoms with E-state index in [1.165, 1.54) is 27.2 Å². The first-order valence-corrected chi connectivity index (χ1v) is 7.75. The fourth-order valence-electron chi connectivity index (χ4n) is 2.13. The first-order valence-electron chi connectivity index (χ1n) is 7.75. The zero-order valence-electron chi connectivity index (χ0n) is 14.7. The molecule has 0 saturated heterocycles. The standard InChI is InChI=1S/C19H21NO5/c1-12-5-7-14(8-6-12)20-18(21)13(2)25-19(22)16-11-15(23-3)9-10-17(16)24-4/h5-11,13H,1-4H3,(H,20,21)/t13-/m0/s1. The van der Waals surface area contributed by atoms with E-state index in [4.69, 9.17) is 14.2 Å². The highest BCUT2D eigenvalue weighted by Gasteiger charge is 2.22. The number of hydrogen-bond donors (Lipinski definition) is 1. The molecule has 0 fully saturated rings. The molecule has 132 valence electrons. The van der Waals surface area contributed by atoms with E-state index in [9.17, 15) is 9.59 Å². The minimum atomic E-state index is -0.968. The number of rotatable bonds is 6. The van der Waals surface area contributed by atoms with Crippen molar-refractivity contribution in [3.05, 3.63) is 53.6 Å². The largest absolute Gasteiger partial charge is 0.497 e. The molecule has 0 saturated carbocycles. The Hall–Kier alpha value is -3.02. The molecule has 2 rings (SSSR count). The first-order chi connectivity index (χ1) is 11.9. The lowest BCUT2D eigenvalue weighted by molar-refractivity contribution is -0.123. The first kappa shape index (κ1) is 18.3. The molecule has 6 heteroatoms. The van der Waals surface area contributed by atoms with Gasteiger partial charge in [0.1, 0.15) is 17.1 Å². The molecule has 6 nitrogen and oxygen atoms in total. The maximum Gasteiger partial charge on any atom is 0.342 e. The second-order valence-electron chi connectivity index (χ2n) is 5.47. The summed E-state index contributed by atoms with van der Waals surface area (Å²) in [6.45, 7) is 3.46. The van der Waals surface area contributed by atoms with E-state index < -0.39 is 18.0 Å². The van der Waals surface area contributed by atoms with Crippen molar-refractivity contribution in [3.63, 3.8) is 0 Å². The Balaban J connectivity index is 2.06. The Morgan fingerprint density at radius 3 is 2.28 bits per heavy atom. The highest BCUT2D eigenvalue weighted by atomic mass is 16.5. The molecule has 2 aromatic rings. The van der Waals surface area contributed by atoms with Gasteiger partial charge in [-0.25, -0.2) is 4.79 Å². The Morgan fingerprint density at radius 1 is 1.00 bits per heavy atom. The van der Waals surface area contributed by atoms with Gasteiger partial charge < -0.3 is 19.5 Å². The number of anilines is 1.